The fraction of sp³-hybridized carbons (Fsp3) is 0.938. The van der Waals surface area contributed by atoms with Gasteiger partial charge in [0.15, 0.2) is 0 Å². The van der Waals surface area contributed by atoms with E-state index in [9.17, 15) is 5.26 Å². The quantitative estimate of drug-likeness (QED) is 0.657. The first-order valence-corrected chi connectivity index (χ1v) is 8.13. The highest BCUT2D eigenvalue weighted by atomic mass is 16.5. The molecule has 0 saturated heterocycles. The molecule has 0 amide bonds. The average Bonchev–Trinajstić information content (AvgIpc) is 3.19. The predicted octanol–water partition coefficient (Wildman–Crippen LogP) is 2.16. The molecule has 20 heavy (non-hydrogen) atoms. The first kappa shape index (κ1) is 15.8. The zero-order chi connectivity index (χ0) is 14.4. The molecule has 0 aromatic rings. The lowest BCUT2D eigenvalue weighted by Gasteiger charge is -2.27. The fourth-order valence-corrected chi connectivity index (χ4v) is 2.99. The summed E-state index contributed by atoms with van der Waals surface area (Å²) in [6.07, 6.45) is 6.82. The van der Waals surface area contributed by atoms with Gasteiger partial charge in [0, 0.05) is 19.2 Å². The molecule has 0 aromatic carbocycles. The molecule has 4 heteroatoms. The lowest BCUT2D eigenvalue weighted by molar-refractivity contribution is 0.0912. The summed E-state index contributed by atoms with van der Waals surface area (Å²) in [5.41, 5.74) is -0.288. The van der Waals surface area contributed by atoms with Gasteiger partial charge in [0.25, 0.3) is 0 Å². The van der Waals surface area contributed by atoms with Gasteiger partial charge in [0.2, 0.25) is 0 Å². The Balaban J connectivity index is 1.68. The van der Waals surface area contributed by atoms with E-state index in [1.54, 1.807) is 0 Å². The van der Waals surface area contributed by atoms with Crippen LogP contribution in [-0.2, 0) is 4.74 Å². The molecule has 0 heterocycles. The highest BCUT2D eigenvalue weighted by Crippen LogP contribution is 2.32. The lowest BCUT2D eigenvalue weighted by Crippen LogP contribution is -2.44. The molecule has 2 fully saturated rings. The van der Waals surface area contributed by atoms with E-state index in [0.717, 1.165) is 57.9 Å². The Kier molecular flexibility index (Phi) is 5.83. The van der Waals surface area contributed by atoms with Gasteiger partial charge in [-0.15, -0.1) is 0 Å². The molecule has 2 saturated carbocycles. The Hall–Kier alpha value is -0.630. The molecule has 2 aliphatic carbocycles. The number of rotatable bonds is 9. The highest BCUT2D eigenvalue weighted by Gasteiger charge is 2.40. The van der Waals surface area contributed by atoms with Crippen molar-refractivity contribution in [3.8, 4) is 6.07 Å². The van der Waals surface area contributed by atoms with Crippen LogP contribution in [0.2, 0.25) is 0 Å². The number of nitriles is 1. The number of likely N-dealkylation sites (N-methyl/N-ethyl adjacent to an activating group) is 1. The summed E-state index contributed by atoms with van der Waals surface area (Å²) < 4.78 is 5.71. The average molecular weight is 279 g/mol. The molecule has 2 atom stereocenters. The van der Waals surface area contributed by atoms with Crippen LogP contribution in [0.25, 0.3) is 0 Å². The van der Waals surface area contributed by atoms with E-state index in [2.05, 4.69) is 30.3 Å². The minimum atomic E-state index is -0.288. The summed E-state index contributed by atoms with van der Waals surface area (Å²) in [7, 11) is 2.17. The van der Waals surface area contributed by atoms with Crippen molar-refractivity contribution < 1.29 is 4.74 Å². The van der Waals surface area contributed by atoms with Crippen LogP contribution in [0, 0.1) is 17.2 Å². The van der Waals surface area contributed by atoms with Gasteiger partial charge in [-0.05, 0) is 58.0 Å². The molecule has 0 spiro atoms. The Morgan fingerprint density at radius 1 is 1.40 bits per heavy atom. The van der Waals surface area contributed by atoms with E-state index in [4.69, 9.17) is 4.74 Å². The van der Waals surface area contributed by atoms with Gasteiger partial charge in [-0.3, -0.25) is 5.32 Å². The fourth-order valence-electron chi connectivity index (χ4n) is 2.99. The lowest BCUT2D eigenvalue weighted by atomic mass is 9.99. The van der Waals surface area contributed by atoms with E-state index in [1.165, 1.54) is 12.8 Å². The van der Waals surface area contributed by atoms with E-state index >= 15 is 0 Å². The molecule has 2 aliphatic rings. The first-order valence-electron chi connectivity index (χ1n) is 8.13. The van der Waals surface area contributed by atoms with Crippen molar-refractivity contribution in [3.05, 3.63) is 0 Å². The van der Waals surface area contributed by atoms with Gasteiger partial charge in [0.1, 0.15) is 5.54 Å². The van der Waals surface area contributed by atoms with Crippen molar-refractivity contribution in [2.24, 2.45) is 5.92 Å². The third-order valence-electron chi connectivity index (χ3n) is 4.68. The summed E-state index contributed by atoms with van der Waals surface area (Å²) in [6.45, 7) is 5.83. The van der Waals surface area contributed by atoms with E-state index in [-0.39, 0.29) is 5.54 Å². The summed E-state index contributed by atoms with van der Waals surface area (Å²) >= 11 is 0. The molecule has 2 unspecified atom stereocenters. The van der Waals surface area contributed by atoms with Crippen molar-refractivity contribution in [1.82, 2.24) is 10.2 Å². The maximum atomic E-state index is 9.47. The van der Waals surface area contributed by atoms with E-state index in [1.807, 2.05) is 0 Å². The second kappa shape index (κ2) is 7.40. The standard InChI is InChI=1S/C16H29N3O/c1-3-8-18-16(13-17)7-6-15(11-16)19(2)9-10-20-12-14-4-5-14/h14-15,18H,3-12H2,1-2H3. The van der Waals surface area contributed by atoms with Crippen LogP contribution in [0.4, 0.5) is 0 Å². The van der Waals surface area contributed by atoms with Crippen LogP contribution in [0.3, 0.4) is 0 Å². The van der Waals surface area contributed by atoms with Crippen molar-refractivity contribution in [3.63, 3.8) is 0 Å². The smallest absolute Gasteiger partial charge is 0.108 e. The maximum absolute atomic E-state index is 9.47. The molecule has 0 aliphatic heterocycles. The number of nitrogens with zero attached hydrogens (tertiary/aromatic N) is 2. The summed E-state index contributed by atoms with van der Waals surface area (Å²) in [5, 5.41) is 12.9. The normalized spacial score (nSPS) is 29.8. The molecule has 1 N–H and O–H groups in total. The molecule has 4 nitrogen and oxygen atoms in total. The van der Waals surface area contributed by atoms with Gasteiger partial charge < -0.3 is 9.64 Å². The number of nitrogens with one attached hydrogen (secondary N) is 1. The topological polar surface area (TPSA) is 48.3 Å². The third kappa shape index (κ3) is 4.44. The second-order valence-corrected chi connectivity index (χ2v) is 6.52. The van der Waals surface area contributed by atoms with Gasteiger partial charge in [-0.25, -0.2) is 0 Å². The summed E-state index contributed by atoms with van der Waals surface area (Å²) in [4.78, 5) is 2.37. The minimum Gasteiger partial charge on any atom is -0.380 e. The molecule has 0 aromatic heterocycles. The summed E-state index contributed by atoms with van der Waals surface area (Å²) in [5.74, 6) is 0.844. The van der Waals surface area contributed by atoms with Crippen LogP contribution in [0.5, 0.6) is 0 Å². The zero-order valence-corrected chi connectivity index (χ0v) is 13.0. The van der Waals surface area contributed by atoms with Crippen LogP contribution in [0.15, 0.2) is 0 Å². The maximum Gasteiger partial charge on any atom is 0.108 e. The van der Waals surface area contributed by atoms with Crippen LogP contribution >= 0.6 is 0 Å². The first-order chi connectivity index (χ1) is 9.69. The van der Waals surface area contributed by atoms with Crippen LogP contribution in [0.1, 0.15) is 45.4 Å². The molecule has 114 valence electrons. The number of hydrogen-bond acceptors (Lipinski definition) is 4. The number of ether oxygens (including phenoxy) is 1. The monoisotopic (exact) mass is 279 g/mol. The predicted molar refractivity (Wildman–Crippen MR) is 80.4 cm³/mol. The molecular weight excluding hydrogens is 250 g/mol. The van der Waals surface area contributed by atoms with Gasteiger partial charge in [-0.1, -0.05) is 6.92 Å². The molecule has 2 rings (SSSR count). The summed E-state index contributed by atoms with van der Waals surface area (Å²) in [6, 6.07) is 3.04. The van der Waals surface area contributed by atoms with Crippen molar-refractivity contribution in [1.29, 1.82) is 5.26 Å². The van der Waals surface area contributed by atoms with Crippen molar-refractivity contribution in [2.75, 3.05) is 33.4 Å². The van der Waals surface area contributed by atoms with Gasteiger partial charge >= 0.3 is 0 Å². The van der Waals surface area contributed by atoms with Crippen molar-refractivity contribution >= 4 is 0 Å². The Morgan fingerprint density at radius 3 is 2.85 bits per heavy atom. The SMILES string of the molecule is CCCNC1(C#N)CCC(N(C)CCOCC2CC2)C1. The Labute approximate surface area is 123 Å². The van der Waals surface area contributed by atoms with Crippen molar-refractivity contribution in [2.45, 2.75) is 57.0 Å². The van der Waals surface area contributed by atoms with E-state index < -0.39 is 0 Å². The number of hydrogen-bond donors (Lipinski definition) is 1. The molecule has 0 bridgehead atoms. The van der Waals surface area contributed by atoms with E-state index in [0.29, 0.717) is 6.04 Å². The highest BCUT2D eigenvalue weighted by molar-refractivity contribution is 5.13. The Morgan fingerprint density at radius 2 is 2.20 bits per heavy atom. The zero-order valence-electron chi connectivity index (χ0n) is 13.0. The minimum absolute atomic E-state index is 0.288. The van der Waals surface area contributed by atoms with Crippen LogP contribution in [-0.4, -0.2) is 49.8 Å². The Bertz CT molecular complexity index is 337. The largest absolute Gasteiger partial charge is 0.380 e. The third-order valence-corrected chi connectivity index (χ3v) is 4.68. The second-order valence-electron chi connectivity index (χ2n) is 6.52. The molecular formula is C16H29N3O. The van der Waals surface area contributed by atoms with Gasteiger partial charge in [-0.2, -0.15) is 5.26 Å². The molecule has 0 radical (unpaired) electrons. The van der Waals surface area contributed by atoms with Gasteiger partial charge in [0.05, 0.1) is 12.7 Å². The van der Waals surface area contributed by atoms with Crippen LogP contribution < -0.4 is 5.32 Å².